The summed E-state index contributed by atoms with van der Waals surface area (Å²) in [6.07, 6.45) is 0.826. The molecule has 5 aromatic rings. The normalized spacial score (nSPS) is 11.6. The van der Waals surface area contributed by atoms with E-state index in [9.17, 15) is 4.79 Å². The number of nitrogens with zero attached hydrogens (tertiary/aromatic N) is 3. The van der Waals surface area contributed by atoms with Crippen LogP contribution in [0, 0.1) is 6.92 Å². The maximum atomic E-state index is 12.9. The number of esters is 1. The number of benzene rings is 4. The van der Waals surface area contributed by atoms with Crippen molar-refractivity contribution in [2.45, 2.75) is 39.3 Å². The molecule has 1 unspecified atom stereocenters. The molecule has 0 bridgehead atoms. The Morgan fingerprint density at radius 2 is 1.37 bits per heavy atom. The fourth-order valence-corrected chi connectivity index (χ4v) is 4.92. The molecule has 7 nitrogen and oxygen atoms in total. The van der Waals surface area contributed by atoms with Crippen LogP contribution >= 0.6 is 11.6 Å². The van der Waals surface area contributed by atoms with Crippen molar-refractivity contribution in [3.05, 3.63) is 130 Å². The smallest absolute Gasteiger partial charge is 0.364 e. The van der Waals surface area contributed by atoms with Crippen molar-refractivity contribution in [2.24, 2.45) is 0 Å². The predicted molar refractivity (Wildman–Crippen MR) is 168 cm³/mol. The Morgan fingerprint density at radius 3 is 1.95 bits per heavy atom. The molecule has 0 amide bonds. The van der Waals surface area contributed by atoms with E-state index in [4.69, 9.17) is 25.8 Å². The van der Waals surface area contributed by atoms with Crippen molar-refractivity contribution >= 4 is 17.6 Å². The molecule has 4 aromatic carbocycles. The standard InChI is InChI=1S/C35H34ClN3O4/c1-4-42-35(40)33-34(39(38-37-33)23-27-11-19-31(41-3)20-12-27)43-32(22-26-9-17-30(36)18-10-26)21-25-7-15-29(16-8-25)28-13-5-24(2)6-14-28/h5-20,32H,4,21-23H2,1-3H3. The van der Waals surface area contributed by atoms with Gasteiger partial charge >= 0.3 is 5.97 Å². The molecule has 8 heteroatoms. The van der Waals surface area contributed by atoms with E-state index < -0.39 is 5.97 Å². The molecule has 1 atom stereocenters. The highest BCUT2D eigenvalue weighted by Gasteiger charge is 2.26. The topological polar surface area (TPSA) is 75.5 Å². The third-order valence-electron chi connectivity index (χ3n) is 7.11. The molecule has 5 rings (SSSR count). The number of carbonyl (C=O) groups is 1. The molecular weight excluding hydrogens is 562 g/mol. The number of hydrogen-bond acceptors (Lipinski definition) is 6. The van der Waals surface area contributed by atoms with E-state index in [1.54, 1.807) is 18.7 Å². The molecule has 0 saturated carbocycles. The van der Waals surface area contributed by atoms with Crippen LogP contribution in [-0.2, 0) is 24.1 Å². The quantitative estimate of drug-likeness (QED) is 0.140. The van der Waals surface area contributed by atoms with Gasteiger partial charge in [-0.25, -0.2) is 9.48 Å². The highest BCUT2D eigenvalue weighted by molar-refractivity contribution is 6.30. The maximum Gasteiger partial charge on any atom is 0.364 e. The van der Waals surface area contributed by atoms with Crippen molar-refractivity contribution < 1.29 is 19.0 Å². The average Bonchev–Trinajstić information content (AvgIpc) is 3.41. The minimum atomic E-state index is -0.578. The van der Waals surface area contributed by atoms with Crippen molar-refractivity contribution in [1.82, 2.24) is 15.0 Å². The van der Waals surface area contributed by atoms with Crippen LogP contribution in [0.4, 0.5) is 0 Å². The van der Waals surface area contributed by atoms with Gasteiger partial charge in [-0.1, -0.05) is 95.2 Å². The number of aromatic nitrogens is 3. The Hall–Kier alpha value is -4.62. The van der Waals surface area contributed by atoms with Gasteiger partial charge in [0.25, 0.3) is 0 Å². The third kappa shape index (κ3) is 7.81. The number of halogens is 1. The highest BCUT2D eigenvalue weighted by Crippen LogP contribution is 2.26. The Labute approximate surface area is 257 Å². The zero-order valence-electron chi connectivity index (χ0n) is 24.5. The summed E-state index contributed by atoms with van der Waals surface area (Å²) >= 11 is 6.16. The van der Waals surface area contributed by atoms with Crippen molar-refractivity contribution in [3.8, 4) is 22.8 Å². The first-order chi connectivity index (χ1) is 20.9. The van der Waals surface area contributed by atoms with Crippen LogP contribution in [0.25, 0.3) is 11.1 Å². The molecule has 0 aliphatic heterocycles. The first-order valence-electron chi connectivity index (χ1n) is 14.2. The maximum absolute atomic E-state index is 12.9. The molecular formula is C35H34ClN3O4. The molecule has 43 heavy (non-hydrogen) atoms. The molecule has 0 radical (unpaired) electrons. The largest absolute Gasteiger partial charge is 0.497 e. The van der Waals surface area contributed by atoms with Crippen LogP contribution in [0.2, 0.25) is 5.02 Å². The number of rotatable bonds is 12. The van der Waals surface area contributed by atoms with E-state index >= 15 is 0 Å². The van der Waals surface area contributed by atoms with Gasteiger partial charge in [0.15, 0.2) is 0 Å². The Kier molecular flexibility index (Phi) is 9.74. The summed E-state index contributed by atoms with van der Waals surface area (Å²) in [4.78, 5) is 12.9. The Morgan fingerprint density at radius 1 is 0.814 bits per heavy atom. The second kappa shape index (κ2) is 14.0. The van der Waals surface area contributed by atoms with Gasteiger partial charge < -0.3 is 14.2 Å². The van der Waals surface area contributed by atoms with Crippen LogP contribution in [0.15, 0.2) is 97.1 Å². The summed E-state index contributed by atoms with van der Waals surface area (Å²) in [5.74, 6) is 0.443. The van der Waals surface area contributed by atoms with E-state index in [1.165, 1.54) is 11.1 Å². The van der Waals surface area contributed by atoms with Crippen LogP contribution < -0.4 is 9.47 Å². The minimum Gasteiger partial charge on any atom is -0.497 e. The molecule has 220 valence electrons. The average molecular weight is 596 g/mol. The first-order valence-corrected chi connectivity index (χ1v) is 14.6. The fraction of sp³-hybridized carbons (Fsp3) is 0.229. The predicted octanol–water partition coefficient (Wildman–Crippen LogP) is 7.37. The van der Waals surface area contributed by atoms with Gasteiger partial charge in [0.1, 0.15) is 11.9 Å². The van der Waals surface area contributed by atoms with Gasteiger partial charge in [-0.15, -0.1) is 5.10 Å². The number of carbonyl (C=O) groups excluding carboxylic acids is 1. The summed E-state index contributed by atoms with van der Waals surface area (Å²) < 4.78 is 18.8. The van der Waals surface area contributed by atoms with Gasteiger partial charge in [-0.2, -0.15) is 0 Å². The molecule has 0 fully saturated rings. The van der Waals surface area contributed by atoms with E-state index in [2.05, 4.69) is 65.8 Å². The second-order valence-electron chi connectivity index (χ2n) is 10.3. The second-order valence-corrected chi connectivity index (χ2v) is 10.7. The lowest BCUT2D eigenvalue weighted by molar-refractivity contribution is 0.0510. The lowest BCUT2D eigenvalue weighted by Gasteiger charge is -2.21. The van der Waals surface area contributed by atoms with E-state index in [0.29, 0.717) is 24.4 Å². The minimum absolute atomic E-state index is 0.0474. The van der Waals surface area contributed by atoms with E-state index in [-0.39, 0.29) is 24.3 Å². The lowest BCUT2D eigenvalue weighted by Crippen LogP contribution is -2.25. The molecule has 1 aromatic heterocycles. The molecule has 0 spiro atoms. The third-order valence-corrected chi connectivity index (χ3v) is 7.36. The zero-order valence-corrected chi connectivity index (χ0v) is 25.3. The summed E-state index contributed by atoms with van der Waals surface area (Å²) in [6, 6.07) is 32.3. The first kappa shape index (κ1) is 29.9. The molecule has 1 heterocycles. The number of hydrogen-bond donors (Lipinski definition) is 0. The van der Waals surface area contributed by atoms with Crippen molar-refractivity contribution in [2.75, 3.05) is 13.7 Å². The number of ether oxygens (including phenoxy) is 3. The van der Waals surface area contributed by atoms with Gasteiger partial charge in [0.2, 0.25) is 11.6 Å². The molecule has 0 saturated heterocycles. The van der Waals surface area contributed by atoms with Gasteiger partial charge in [-0.05, 0) is 65.9 Å². The van der Waals surface area contributed by atoms with Crippen LogP contribution in [0.3, 0.4) is 0 Å². The number of aryl methyl sites for hydroxylation is 1. The van der Waals surface area contributed by atoms with Crippen molar-refractivity contribution in [3.63, 3.8) is 0 Å². The van der Waals surface area contributed by atoms with Gasteiger partial charge in [0.05, 0.1) is 20.3 Å². The van der Waals surface area contributed by atoms with Gasteiger partial charge in [-0.3, -0.25) is 0 Å². The lowest BCUT2D eigenvalue weighted by atomic mass is 9.98. The molecule has 0 aliphatic carbocycles. The molecule has 0 aliphatic rings. The van der Waals surface area contributed by atoms with Crippen molar-refractivity contribution in [1.29, 1.82) is 0 Å². The van der Waals surface area contributed by atoms with E-state index in [1.807, 2.05) is 48.5 Å². The van der Waals surface area contributed by atoms with Crippen LogP contribution in [0.1, 0.15) is 39.7 Å². The summed E-state index contributed by atoms with van der Waals surface area (Å²) in [5, 5.41) is 9.11. The van der Waals surface area contributed by atoms with Crippen LogP contribution in [0.5, 0.6) is 11.6 Å². The summed E-state index contributed by atoms with van der Waals surface area (Å²) in [5.41, 5.74) is 6.69. The molecule has 0 N–H and O–H groups in total. The van der Waals surface area contributed by atoms with E-state index in [0.717, 1.165) is 28.0 Å². The Balaban J connectivity index is 1.45. The fourth-order valence-electron chi connectivity index (χ4n) is 4.79. The monoisotopic (exact) mass is 595 g/mol. The van der Waals surface area contributed by atoms with Gasteiger partial charge in [0, 0.05) is 17.9 Å². The summed E-state index contributed by atoms with van der Waals surface area (Å²) in [6.45, 7) is 4.40. The van der Waals surface area contributed by atoms with Crippen LogP contribution in [-0.4, -0.2) is 40.8 Å². The zero-order chi connectivity index (χ0) is 30.2. The number of methoxy groups -OCH3 is 1. The highest BCUT2D eigenvalue weighted by atomic mass is 35.5. The summed E-state index contributed by atoms with van der Waals surface area (Å²) in [7, 11) is 1.63. The SMILES string of the molecule is CCOC(=O)c1nnn(Cc2ccc(OC)cc2)c1OC(Cc1ccc(Cl)cc1)Cc1ccc(-c2ccc(C)cc2)cc1. The Bertz CT molecular complexity index is 1630.